The van der Waals surface area contributed by atoms with Crippen molar-refractivity contribution < 1.29 is 19.1 Å². The van der Waals surface area contributed by atoms with Crippen LogP contribution in [0, 0.1) is 0 Å². The van der Waals surface area contributed by atoms with Crippen LogP contribution in [0.15, 0.2) is 71.9 Å². The van der Waals surface area contributed by atoms with Gasteiger partial charge in [0.1, 0.15) is 0 Å². The molecule has 2 amide bonds. The number of H-pyrrole nitrogens is 1. The number of benzene rings is 3. The van der Waals surface area contributed by atoms with Gasteiger partial charge in [0.05, 0.1) is 11.0 Å². The number of aromatic amines is 1. The first-order valence-electron chi connectivity index (χ1n) is 9.82. The van der Waals surface area contributed by atoms with E-state index >= 15 is 0 Å². The zero-order valence-electron chi connectivity index (χ0n) is 16.8. The number of para-hydroxylation sites is 2. The first-order chi connectivity index (χ1) is 15.7. The number of aromatic nitrogens is 2. The number of ether oxygens (including phenoxy) is 2. The first-order valence-corrected chi connectivity index (χ1v) is 10.8. The van der Waals surface area contributed by atoms with E-state index in [0.717, 1.165) is 21.8 Å². The Hall–Kier alpha value is -3.98. The summed E-state index contributed by atoms with van der Waals surface area (Å²) in [5.41, 5.74) is 8.62. The van der Waals surface area contributed by atoms with Crippen LogP contribution in [0.25, 0.3) is 11.0 Å². The molecule has 0 saturated heterocycles. The van der Waals surface area contributed by atoms with Crippen molar-refractivity contribution in [2.75, 3.05) is 6.79 Å². The van der Waals surface area contributed by atoms with Gasteiger partial charge >= 0.3 is 0 Å². The van der Waals surface area contributed by atoms with Crippen LogP contribution in [0.2, 0.25) is 0 Å². The van der Waals surface area contributed by atoms with Crippen molar-refractivity contribution in [1.29, 1.82) is 0 Å². The van der Waals surface area contributed by atoms with E-state index < -0.39 is 11.8 Å². The number of rotatable bonds is 5. The van der Waals surface area contributed by atoms with Gasteiger partial charge in [0.15, 0.2) is 16.7 Å². The average Bonchev–Trinajstić information content (AvgIpc) is 3.47. The third-order valence-electron chi connectivity index (χ3n) is 4.88. The number of imidazole rings is 1. The van der Waals surface area contributed by atoms with Crippen LogP contribution in [0.5, 0.6) is 11.5 Å². The SMILES string of the molecule is O=C(NNC(=O)c1ccc2c(c1)OCO2)c1ccc(CSc2nc3ccccc3[nH]2)cc1. The van der Waals surface area contributed by atoms with Gasteiger partial charge in [-0.2, -0.15) is 0 Å². The average molecular weight is 446 g/mol. The highest BCUT2D eigenvalue weighted by Crippen LogP contribution is 2.32. The fourth-order valence-corrected chi connectivity index (χ4v) is 4.04. The molecule has 5 rings (SSSR count). The number of hydrazine groups is 1. The largest absolute Gasteiger partial charge is 0.454 e. The van der Waals surface area contributed by atoms with Gasteiger partial charge in [0.25, 0.3) is 11.8 Å². The second kappa shape index (κ2) is 8.64. The summed E-state index contributed by atoms with van der Waals surface area (Å²) in [5, 5.41) is 0.847. The van der Waals surface area contributed by atoms with Crippen molar-refractivity contribution in [3.63, 3.8) is 0 Å². The van der Waals surface area contributed by atoms with Gasteiger partial charge < -0.3 is 14.5 Å². The maximum Gasteiger partial charge on any atom is 0.269 e. The van der Waals surface area contributed by atoms with Gasteiger partial charge in [0.2, 0.25) is 6.79 Å². The molecule has 1 aliphatic rings. The molecule has 8 nitrogen and oxygen atoms in total. The van der Waals surface area contributed by atoms with Gasteiger partial charge in [-0.3, -0.25) is 20.4 Å². The summed E-state index contributed by atoms with van der Waals surface area (Å²) in [6, 6.07) is 19.9. The quantitative estimate of drug-likeness (QED) is 0.319. The standard InChI is InChI=1S/C23H18N4O4S/c28-21(26-27-22(29)16-9-10-19-20(11-16)31-13-30-19)15-7-5-14(6-8-15)12-32-23-24-17-3-1-2-4-18(17)25-23/h1-11H,12-13H2,(H,24,25)(H,26,28)(H,27,29). The van der Waals surface area contributed by atoms with Crippen LogP contribution in [-0.4, -0.2) is 28.6 Å². The lowest BCUT2D eigenvalue weighted by molar-refractivity contribution is 0.0846. The second-order valence-electron chi connectivity index (χ2n) is 7.02. The summed E-state index contributed by atoms with van der Waals surface area (Å²) >= 11 is 1.59. The van der Waals surface area contributed by atoms with Crippen molar-refractivity contribution in [3.05, 3.63) is 83.4 Å². The Morgan fingerprint density at radius 2 is 1.62 bits per heavy atom. The molecule has 2 heterocycles. The molecule has 3 N–H and O–H groups in total. The van der Waals surface area contributed by atoms with Crippen LogP contribution >= 0.6 is 11.8 Å². The maximum absolute atomic E-state index is 12.4. The van der Waals surface area contributed by atoms with E-state index in [9.17, 15) is 9.59 Å². The molecule has 3 aromatic carbocycles. The Morgan fingerprint density at radius 1 is 0.906 bits per heavy atom. The third kappa shape index (κ3) is 4.23. The molecule has 0 atom stereocenters. The number of thioether (sulfide) groups is 1. The van der Waals surface area contributed by atoms with Crippen molar-refractivity contribution in [2.45, 2.75) is 10.9 Å². The van der Waals surface area contributed by atoms with Crippen LogP contribution in [0.3, 0.4) is 0 Å². The molecule has 0 radical (unpaired) electrons. The summed E-state index contributed by atoms with van der Waals surface area (Å²) in [7, 11) is 0. The fraction of sp³-hybridized carbons (Fsp3) is 0.0870. The topological polar surface area (TPSA) is 105 Å². The summed E-state index contributed by atoms with van der Waals surface area (Å²) in [4.78, 5) is 32.5. The van der Waals surface area contributed by atoms with E-state index in [1.807, 2.05) is 36.4 Å². The molecule has 0 spiro atoms. The molecule has 0 unspecified atom stereocenters. The monoisotopic (exact) mass is 446 g/mol. The van der Waals surface area contributed by atoms with E-state index in [2.05, 4.69) is 20.8 Å². The lowest BCUT2D eigenvalue weighted by Gasteiger charge is -2.08. The van der Waals surface area contributed by atoms with Crippen LogP contribution in [0.4, 0.5) is 0 Å². The Kier molecular flexibility index (Phi) is 5.39. The predicted molar refractivity (Wildman–Crippen MR) is 120 cm³/mol. The second-order valence-corrected chi connectivity index (χ2v) is 7.99. The zero-order chi connectivity index (χ0) is 21.9. The minimum absolute atomic E-state index is 0.129. The minimum atomic E-state index is -0.449. The fourth-order valence-electron chi connectivity index (χ4n) is 3.20. The van der Waals surface area contributed by atoms with Crippen molar-refractivity contribution in [3.8, 4) is 11.5 Å². The molecule has 32 heavy (non-hydrogen) atoms. The summed E-state index contributed by atoms with van der Waals surface area (Å²) in [5.74, 6) is 0.943. The predicted octanol–water partition coefficient (Wildman–Crippen LogP) is 3.66. The minimum Gasteiger partial charge on any atom is -0.454 e. The van der Waals surface area contributed by atoms with Crippen molar-refractivity contribution >= 4 is 34.6 Å². The third-order valence-corrected chi connectivity index (χ3v) is 5.83. The Labute approximate surface area is 187 Å². The number of amides is 2. The molecular weight excluding hydrogens is 428 g/mol. The lowest BCUT2D eigenvalue weighted by atomic mass is 10.1. The zero-order valence-corrected chi connectivity index (χ0v) is 17.6. The Morgan fingerprint density at radius 3 is 2.44 bits per heavy atom. The van der Waals surface area contributed by atoms with Crippen molar-refractivity contribution in [2.24, 2.45) is 0 Å². The molecule has 160 valence electrons. The summed E-state index contributed by atoms with van der Waals surface area (Å²) in [6.07, 6.45) is 0. The Balaban J connectivity index is 1.14. The van der Waals surface area contributed by atoms with Crippen LogP contribution < -0.4 is 20.3 Å². The maximum atomic E-state index is 12.4. The number of carbonyl (C=O) groups excluding carboxylic acids is 2. The first kappa shape index (κ1) is 20.0. The molecule has 0 fully saturated rings. The number of nitrogens with one attached hydrogen (secondary N) is 3. The molecule has 0 saturated carbocycles. The summed E-state index contributed by atoms with van der Waals surface area (Å²) in [6.45, 7) is 0.129. The van der Waals surface area contributed by atoms with Gasteiger partial charge in [-0.25, -0.2) is 4.98 Å². The highest BCUT2D eigenvalue weighted by molar-refractivity contribution is 7.98. The summed E-state index contributed by atoms with van der Waals surface area (Å²) < 4.78 is 10.5. The van der Waals surface area contributed by atoms with E-state index in [4.69, 9.17) is 9.47 Å². The Bertz CT molecular complexity index is 1270. The van der Waals surface area contributed by atoms with Crippen LogP contribution in [0.1, 0.15) is 26.3 Å². The number of hydrogen-bond acceptors (Lipinski definition) is 6. The number of nitrogens with zero attached hydrogens (tertiary/aromatic N) is 1. The molecule has 1 aromatic heterocycles. The smallest absolute Gasteiger partial charge is 0.269 e. The molecule has 9 heteroatoms. The van der Waals surface area contributed by atoms with Gasteiger partial charge in [-0.15, -0.1) is 0 Å². The number of fused-ring (bicyclic) bond motifs is 2. The molecule has 4 aromatic rings. The normalized spacial score (nSPS) is 12.0. The van der Waals surface area contributed by atoms with Gasteiger partial charge in [-0.1, -0.05) is 36.0 Å². The highest BCUT2D eigenvalue weighted by Gasteiger charge is 2.16. The van der Waals surface area contributed by atoms with Crippen LogP contribution in [-0.2, 0) is 5.75 Å². The highest BCUT2D eigenvalue weighted by atomic mass is 32.2. The molecule has 0 aliphatic carbocycles. The van der Waals surface area contributed by atoms with E-state index in [1.54, 1.807) is 42.1 Å². The number of hydrogen-bond donors (Lipinski definition) is 3. The number of carbonyl (C=O) groups is 2. The van der Waals surface area contributed by atoms with Gasteiger partial charge in [0, 0.05) is 16.9 Å². The van der Waals surface area contributed by atoms with E-state index in [1.165, 1.54) is 0 Å². The lowest BCUT2D eigenvalue weighted by Crippen LogP contribution is -2.41. The molecule has 0 bridgehead atoms. The molecule has 1 aliphatic heterocycles. The van der Waals surface area contributed by atoms with E-state index in [-0.39, 0.29) is 6.79 Å². The van der Waals surface area contributed by atoms with Crippen molar-refractivity contribution in [1.82, 2.24) is 20.8 Å². The van der Waals surface area contributed by atoms with Gasteiger partial charge in [-0.05, 0) is 48.0 Å². The van der Waals surface area contributed by atoms with E-state index in [0.29, 0.717) is 28.4 Å². The molecular formula is C23H18N4O4S.